The summed E-state index contributed by atoms with van der Waals surface area (Å²) in [5.74, 6) is -1.14. The summed E-state index contributed by atoms with van der Waals surface area (Å²) in [6.07, 6.45) is 1.57. The number of hydrogen-bond donors (Lipinski definition) is 1. The Hall–Kier alpha value is -3.58. The quantitative estimate of drug-likeness (QED) is 0.591. The first-order valence-corrected chi connectivity index (χ1v) is 9.99. The third-order valence-corrected chi connectivity index (χ3v) is 5.53. The van der Waals surface area contributed by atoms with Crippen LogP contribution in [0.5, 0.6) is 5.75 Å². The molecule has 3 aromatic carbocycles. The minimum absolute atomic E-state index is 0.200. The van der Waals surface area contributed by atoms with Gasteiger partial charge in [0.25, 0.3) is 11.1 Å². The van der Waals surface area contributed by atoms with E-state index in [1.165, 1.54) is 0 Å². The zero-order valence-electron chi connectivity index (χ0n) is 15.8. The summed E-state index contributed by atoms with van der Waals surface area (Å²) in [5.41, 5.74) is 1.80. The Morgan fingerprint density at radius 1 is 1.00 bits per heavy atom. The normalized spacial score (nSPS) is 15.2. The average molecular weight is 419 g/mol. The minimum atomic E-state index is -1.23. The molecule has 0 radical (unpaired) electrons. The molecule has 0 atom stereocenters. The van der Waals surface area contributed by atoms with Crippen LogP contribution in [-0.2, 0) is 16.2 Å². The lowest BCUT2D eigenvalue weighted by molar-refractivity contribution is -0.140. The van der Waals surface area contributed by atoms with Gasteiger partial charge in [0.2, 0.25) is 0 Å². The van der Waals surface area contributed by atoms with Gasteiger partial charge < -0.3 is 9.84 Å². The van der Waals surface area contributed by atoms with E-state index in [0.717, 1.165) is 33.0 Å². The molecule has 0 aliphatic carbocycles. The van der Waals surface area contributed by atoms with E-state index in [0.29, 0.717) is 17.9 Å². The summed E-state index contributed by atoms with van der Waals surface area (Å²) in [7, 11) is 0. The second kappa shape index (κ2) is 8.42. The number of carbonyl (C=O) groups is 3. The molecule has 0 spiro atoms. The van der Waals surface area contributed by atoms with Gasteiger partial charge in [-0.2, -0.15) is 0 Å². The molecule has 4 rings (SSSR count). The highest BCUT2D eigenvalue weighted by atomic mass is 32.2. The van der Waals surface area contributed by atoms with E-state index < -0.39 is 23.7 Å². The number of ether oxygens (including phenoxy) is 1. The molecule has 0 aromatic heterocycles. The molecule has 0 saturated carbocycles. The van der Waals surface area contributed by atoms with Crippen molar-refractivity contribution >= 4 is 45.7 Å². The third kappa shape index (κ3) is 4.21. The number of benzene rings is 3. The SMILES string of the molecule is O=C(O)CN1C(=O)S/C(=C/c2ccc(OCc3cccc4ccccc34)cc2)C1=O. The Labute approximate surface area is 176 Å². The summed E-state index contributed by atoms with van der Waals surface area (Å²) in [5, 5.41) is 10.5. The number of carbonyl (C=O) groups excluding carboxylic acids is 2. The fourth-order valence-electron chi connectivity index (χ4n) is 3.16. The van der Waals surface area contributed by atoms with Gasteiger partial charge in [-0.25, -0.2) is 0 Å². The molecule has 3 aromatic rings. The summed E-state index contributed by atoms with van der Waals surface area (Å²) >= 11 is 0.735. The van der Waals surface area contributed by atoms with Gasteiger partial charge in [-0.05, 0) is 51.9 Å². The van der Waals surface area contributed by atoms with Crippen molar-refractivity contribution in [2.24, 2.45) is 0 Å². The second-order valence-corrected chi connectivity index (χ2v) is 7.65. The lowest BCUT2D eigenvalue weighted by atomic mass is 10.1. The van der Waals surface area contributed by atoms with E-state index in [4.69, 9.17) is 9.84 Å². The number of hydrogen-bond acceptors (Lipinski definition) is 5. The molecule has 1 aliphatic heterocycles. The average Bonchev–Trinajstić information content (AvgIpc) is 3.00. The molecule has 1 N–H and O–H groups in total. The first-order valence-electron chi connectivity index (χ1n) is 9.18. The molecular weight excluding hydrogens is 402 g/mol. The fourth-order valence-corrected chi connectivity index (χ4v) is 4.00. The fraction of sp³-hybridized carbons (Fsp3) is 0.0870. The Bertz CT molecular complexity index is 1160. The molecule has 1 saturated heterocycles. The van der Waals surface area contributed by atoms with E-state index in [1.807, 2.05) is 24.3 Å². The topological polar surface area (TPSA) is 83.9 Å². The molecule has 7 heteroatoms. The molecule has 30 heavy (non-hydrogen) atoms. The maximum absolute atomic E-state index is 12.2. The van der Waals surface area contributed by atoms with E-state index >= 15 is 0 Å². The van der Waals surface area contributed by atoms with Crippen molar-refractivity contribution in [2.45, 2.75) is 6.61 Å². The van der Waals surface area contributed by atoms with Gasteiger partial charge >= 0.3 is 5.97 Å². The van der Waals surface area contributed by atoms with Crippen LogP contribution in [0.1, 0.15) is 11.1 Å². The number of rotatable bonds is 6. The van der Waals surface area contributed by atoms with Crippen LogP contribution in [-0.4, -0.2) is 33.7 Å². The predicted octanol–water partition coefficient (Wildman–Crippen LogP) is 4.54. The van der Waals surface area contributed by atoms with Gasteiger partial charge in [0.15, 0.2) is 0 Å². The lowest BCUT2D eigenvalue weighted by Gasteiger charge is -2.09. The molecular formula is C23H17NO5S. The lowest BCUT2D eigenvalue weighted by Crippen LogP contribution is -2.33. The number of imide groups is 1. The molecule has 0 bridgehead atoms. The van der Waals surface area contributed by atoms with Gasteiger partial charge in [-0.1, -0.05) is 54.6 Å². The number of fused-ring (bicyclic) bond motifs is 1. The Kier molecular flexibility index (Phi) is 5.54. The molecule has 6 nitrogen and oxygen atoms in total. The van der Waals surface area contributed by atoms with Gasteiger partial charge in [-0.15, -0.1) is 0 Å². The molecule has 150 valence electrons. The Morgan fingerprint density at radius 3 is 2.50 bits per heavy atom. The van der Waals surface area contributed by atoms with Crippen molar-refractivity contribution in [1.29, 1.82) is 0 Å². The van der Waals surface area contributed by atoms with Crippen molar-refractivity contribution < 1.29 is 24.2 Å². The maximum Gasteiger partial charge on any atom is 0.323 e. The van der Waals surface area contributed by atoms with Crippen LogP contribution in [0.25, 0.3) is 16.8 Å². The monoisotopic (exact) mass is 419 g/mol. The predicted molar refractivity (Wildman–Crippen MR) is 115 cm³/mol. The van der Waals surface area contributed by atoms with E-state index in [-0.39, 0.29) is 4.91 Å². The molecule has 1 aliphatic rings. The van der Waals surface area contributed by atoms with Gasteiger partial charge in [0.1, 0.15) is 18.9 Å². The van der Waals surface area contributed by atoms with Crippen LogP contribution in [0.2, 0.25) is 0 Å². The Morgan fingerprint density at radius 2 is 1.73 bits per heavy atom. The van der Waals surface area contributed by atoms with Crippen LogP contribution in [0, 0.1) is 0 Å². The molecule has 1 fully saturated rings. The van der Waals surface area contributed by atoms with Crippen molar-refractivity contribution in [1.82, 2.24) is 4.90 Å². The summed E-state index contributed by atoms with van der Waals surface area (Å²) < 4.78 is 5.90. The minimum Gasteiger partial charge on any atom is -0.489 e. The van der Waals surface area contributed by atoms with Crippen molar-refractivity contribution in [3.05, 3.63) is 82.8 Å². The number of thioether (sulfide) groups is 1. The zero-order chi connectivity index (χ0) is 21.1. The maximum atomic E-state index is 12.2. The van der Waals surface area contributed by atoms with Crippen LogP contribution in [0.4, 0.5) is 4.79 Å². The number of carboxylic acid groups (broad SMARTS) is 1. The van der Waals surface area contributed by atoms with E-state index in [2.05, 4.69) is 18.2 Å². The highest BCUT2D eigenvalue weighted by Gasteiger charge is 2.36. The first-order chi connectivity index (χ1) is 14.5. The van der Waals surface area contributed by atoms with E-state index in [9.17, 15) is 14.4 Å². The number of amides is 2. The Balaban J connectivity index is 1.44. The van der Waals surface area contributed by atoms with Crippen LogP contribution in [0.15, 0.2) is 71.6 Å². The summed E-state index contributed by atoms with van der Waals surface area (Å²) in [4.78, 5) is 35.8. The smallest absolute Gasteiger partial charge is 0.323 e. The second-order valence-electron chi connectivity index (χ2n) is 6.66. The van der Waals surface area contributed by atoms with Crippen molar-refractivity contribution in [3.63, 3.8) is 0 Å². The largest absolute Gasteiger partial charge is 0.489 e. The number of aliphatic carboxylic acids is 1. The number of carboxylic acids is 1. The first kappa shape index (κ1) is 19.7. The van der Waals surface area contributed by atoms with Crippen LogP contribution >= 0.6 is 11.8 Å². The van der Waals surface area contributed by atoms with Crippen molar-refractivity contribution in [3.8, 4) is 5.75 Å². The van der Waals surface area contributed by atoms with E-state index in [1.54, 1.807) is 30.3 Å². The molecule has 2 amide bonds. The molecule has 1 heterocycles. The summed E-state index contributed by atoms with van der Waals surface area (Å²) in [6.45, 7) is -0.211. The highest BCUT2D eigenvalue weighted by molar-refractivity contribution is 8.18. The van der Waals surface area contributed by atoms with Gasteiger partial charge in [0.05, 0.1) is 4.91 Å². The van der Waals surface area contributed by atoms with Crippen LogP contribution in [0.3, 0.4) is 0 Å². The standard InChI is InChI=1S/C23H17NO5S/c25-21(26)13-24-22(27)20(30-23(24)28)12-15-8-10-18(11-9-15)29-14-17-6-3-5-16-4-1-2-7-19(16)17/h1-12H,13-14H2,(H,25,26)/b20-12+. The summed E-state index contributed by atoms with van der Waals surface area (Å²) in [6, 6.07) is 21.4. The van der Waals surface area contributed by atoms with Gasteiger partial charge in [0, 0.05) is 0 Å². The number of nitrogens with zero attached hydrogens (tertiary/aromatic N) is 1. The van der Waals surface area contributed by atoms with Crippen LogP contribution < -0.4 is 4.74 Å². The zero-order valence-corrected chi connectivity index (χ0v) is 16.6. The van der Waals surface area contributed by atoms with Crippen molar-refractivity contribution in [2.75, 3.05) is 6.54 Å². The highest BCUT2D eigenvalue weighted by Crippen LogP contribution is 2.32. The molecule has 0 unspecified atom stereocenters. The third-order valence-electron chi connectivity index (χ3n) is 4.62. The van der Waals surface area contributed by atoms with Gasteiger partial charge in [-0.3, -0.25) is 19.3 Å².